The second-order valence-corrected chi connectivity index (χ2v) is 6.13. The van der Waals surface area contributed by atoms with E-state index in [2.05, 4.69) is 10.3 Å². The number of fused-ring (bicyclic) bond motifs is 1. The molecule has 0 unspecified atom stereocenters. The summed E-state index contributed by atoms with van der Waals surface area (Å²) in [5.41, 5.74) is -1.43. The second kappa shape index (κ2) is 6.86. The number of ether oxygens (including phenoxy) is 1. The molecular formula is C18H22N2O4. The molecule has 1 amide bonds. The molecule has 1 atom stereocenters. The molecule has 0 aliphatic heterocycles. The quantitative estimate of drug-likeness (QED) is 0.823. The fourth-order valence-electron chi connectivity index (χ4n) is 2.35. The van der Waals surface area contributed by atoms with Gasteiger partial charge in [0.05, 0.1) is 6.61 Å². The molecule has 0 saturated carbocycles. The number of hydrogen-bond donors (Lipinski definition) is 2. The van der Waals surface area contributed by atoms with Crippen molar-refractivity contribution >= 4 is 22.6 Å². The standard InChI is InChI=1S/C18H22N2O4/c1-5-24-17(23)18(4,11(2)3)20-16(22)14-10-12-8-6-7-9-13(12)15(21)19-14/h6-11H,5H2,1-4H3,(H,19,21)(H,20,22)/t18-/m1/s1. The molecule has 6 nitrogen and oxygen atoms in total. The predicted octanol–water partition coefficient (Wildman–Crippen LogP) is 2.24. The molecule has 0 spiro atoms. The number of benzene rings is 1. The van der Waals surface area contributed by atoms with Gasteiger partial charge in [-0.15, -0.1) is 0 Å². The van der Waals surface area contributed by atoms with Crippen molar-refractivity contribution in [3.05, 3.63) is 46.4 Å². The first-order valence-electron chi connectivity index (χ1n) is 7.91. The molecular weight excluding hydrogens is 308 g/mol. The van der Waals surface area contributed by atoms with Gasteiger partial charge in [0, 0.05) is 5.39 Å². The van der Waals surface area contributed by atoms with Gasteiger partial charge in [-0.1, -0.05) is 32.0 Å². The summed E-state index contributed by atoms with van der Waals surface area (Å²) in [6, 6.07) is 8.59. The van der Waals surface area contributed by atoms with Crippen molar-refractivity contribution in [2.75, 3.05) is 6.61 Å². The fourth-order valence-corrected chi connectivity index (χ4v) is 2.35. The first-order chi connectivity index (χ1) is 11.3. The number of rotatable bonds is 5. The van der Waals surface area contributed by atoms with Gasteiger partial charge < -0.3 is 15.0 Å². The summed E-state index contributed by atoms with van der Waals surface area (Å²) in [5, 5.41) is 3.87. The molecule has 6 heteroatoms. The van der Waals surface area contributed by atoms with Gasteiger partial charge in [-0.25, -0.2) is 4.79 Å². The maximum absolute atomic E-state index is 12.6. The molecule has 2 rings (SSSR count). The molecule has 0 aliphatic carbocycles. The fraction of sp³-hybridized carbons (Fsp3) is 0.389. The van der Waals surface area contributed by atoms with Crippen LogP contribution in [-0.2, 0) is 9.53 Å². The Morgan fingerprint density at radius 1 is 1.29 bits per heavy atom. The van der Waals surface area contributed by atoms with Gasteiger partial charge in [0.1, 0.15) is 11.2 Å². The Balaban J connectivity index is 2.37. The van der Waals surface area contributed by atoms with Gasteiger partial charge in [-0.2, -0.15) is 0 Å². The van der Waals surface area contributed by atoms with Crippen molar-refractivity contribution in [3.8, 4) is 0 Å². The summed E-state index contributed by atoms with van der Waals surface area (Å²) in [4.78, 5) is 39.5. The van der Waals surface area contributed by atoms with Crippen LogP contribution in [0, 0.1) is 5.92 Å². The highest BCUT2D eigenvalue weighted by Gasteiger charge is 2.40. The van der Waals surface area contributed by atoms with Crippen molar-refractivity contribution in [1.29, 1.82) is 0 Å². The van der Waals surface area contributed by atoms with Crippen LogP contribution < -0.4 is 10.9 Å². The van der Waals surface area contributed by atoms with Gasteiger partial charge in [-0.3, -0.25) is 9.59 Å². The molecule has 1 heterocycles. The summed E-state index contributed by atoms with van der Waals surface area (Å²) in [6.45, 7) is 7.19. The first kappa shape index (κ1) is 17.7. The molecule has 0 fully saturated rings. The van der Waals surface area contributed by atoms with Gasteiger partial charge >= 0.3 is 5.97 Å². The molecule has 1 aromatic heterocycles. The number of aromatic nitrogens is 1. The number of pyridine rings is 1. The summed E-state index contributed by atoms with van der Waals surface area (Å²) in [7, 11) is 0. The third-order valence-corrected chi connectivity index (χ3v) is 4.23. The Morgan fingerprint density at radius 3 is 2.58 bits per heavy atom. The predicted molar refractivity (Wildman–Crippen MR) is 91.9 cm³/mol. The number of esters is 1. The van der Waals surface area contributed by atoms with Crippen LogP contribution >= 0.6 is 0 Å². The minimum Gasteiger partial charge on any atom is -0.464 e. The number of amides is 1. The second-order valence-electron chi connectivity index (χ2n) is 6.13. The Hall–Kier alpha value is -2.63. The molecule has 24 heavy (non-hydrogen) atoms. The van der Waals surface area contributed by atoms with E-state index in [-0.39, 0.29) is 23.8 Å². The zero-order chi connectivity index (χ0) is 17.9. The van der Waals surface area contributed by atoms with E-state index in [4.69, 9.17) is 4.74 Å². The zero-order valence-corrected chi connectivity index (χ0v) is 14.3. The zero-order valence-electron chi connectivity index (χ0n) is 14.3. The average molecular weight is 330 g/mol. The number of carbonyl (C=O) groups excluding carboxylic acids is 2. The van der Waals surface area contributed by atoms with Crippen molar-refractivity contribution in [1.82, 2.24) is 10.3 Å². The maximum Gasteiger partial charge on any atom is 0.331 e. The summed E-state index contributed by atoms with van der Waals surface area (Å²) in [6.07, 6.45) is 0. The number of hydrogen-bond acceptors (Lipinski definition) is 4. The highest BCUT2D eigenvalue weighted by atomic mass is 16.5. The highest BCUT2D eigenvalue weighted by molar-refractivity contribution is 5.99. The molecule has 0 radical (unpaired) electrons. The SMILES string of the molecule is CCOC(=O)[C@](C)(NC(=O)c1cc2ccccc2c(=O)[nH]1)C(C)C. The van der Waals surface area contributed by atoms with Crippen LogP contribution in [0.5, 0.6) is 0 Å². The Kier molecular flexibility index (Phi) is 5.07. The van der Waals surface area contributed by atoms with Crippen molar-refractivity contribution in [3.63, 3.8) is 0 Å². The molecule has 1 aromatic carbocycles. The number of aromatic amines is 1. The van der Waals surface area contributed by atoms with Gasteiger partial charge in [0.2, 0.25) is 0 Å². The van der Waals surface area contributed by atoms with E-state index in [0.717, 1.165) is 0 Å². The third-order valence-electron chi connectivity index (χ3n) is 4.23. The maximum atomic E-state index is 12.6. The normalized spacial score (nSPS) is 13.5. The summed E-state index contributed by atoms with van der Waals surface area (Å²) >= 11 is 0. The molecule has 128 valence electrons. The van der Waals surface area contributed by atoms with E-state index in [9.17, 15) is 14.4 Å². The Morgan fingerprint density at radius 2 is 1.96 bits per heavy atom. The van der Waals surface area contributed by atoms with E-state index in [1.807, 2.05) is 13.8 Å². The van der Waals surface area contributed by atoms with Crippen LogP contribution in [0.15, 0.2) is 35.1 Å². The Labute approximate surface area is 140 Å². The van der Waals surface area contributed by atoms with Gasteiger partial charge in [-0.05, 0) is 37.3 Å². The first-order valence-corrected chi connectivity index (χ1v) is 7.91. The van der Waals surface area contributed by atoms with Crippen LogP contribution in [0.25, 0.3) is 10.8 Å². The van der Waals surface area contributed by atoms with Crippen LogP contribution in [-0.4, -0.2) is 29.0 Å². The third kappa shape index (κ3) is 3.32. The lowest BCUT2D eigenvalue weighted by molar-refractivity contribution is -0.152. The minimum absolute atomic E-state index is 0.106. The van der Waals surface area contributed by atoms with E-state index in [1.165, 1.54) is 0 Å². The molecule has 2 aromatic rings. The van der Waals surface area contributed by atoms with Crippen molar-refractivity contribution in [2.24, 2.45) is 5.92 Å². The summed E-state index contributed by atoms with van der Waals surface area (Å²) < 4.78 is 5.07. The van der Waals surface area contributed by atoms with E-state index < -0.39 is 17.4 Å². The number of H-pyrrole nitrogens is 1. The van der Waals surface area contributed by atoms with Crippen LogP contribution in [0.2, 0.25) is 0 Å². The van der Waals surface area contributed by atoms with E-state index in [1.54, 1.807) is 44.2 Å². The lowest BCUT2D eigenvalue weighted by Gasteiger charge is -2.32. The van der Waals surface area contributed by atoms with Crippen molar-refractivity contribution < 1.29 is 14.3 Å². The van der Waals surface area contributed by atoms with Crippen LogP contribution in [0.4, 0.5) is 0 Å². The molecule has 2 N–H and O–H groups in total. The molecule has 0 aliphatic rings. The monoisotopic (exact) mass is 330 g/mol. The van der Waals surface area contributed by atoms with Gasteiger partial charge in [0.15, 0.2) is 0 Å². The van der Waals surface area contributed by atoms with E-state index in [0.29, 0.717) is 10.8 Å². The Bertz CT molecular complexity index is 825. The minimum atomic E-state index is -1.18. The highest BCUT2D eigenvalue weighted by Crippen LogP contribution is 2.19. The van der Waals surface area contributed by atoms with Crippen LogP contribution in [0.3, 0.4) is 0 Å². The average Bonchev–Trinajstić information content (AvgIpc) is 2.54. The van der Waals surface area contributed by atoms with Crippen molar-refractivity contribution in [2.45, 2.75) is 33.2 Å². The lowest BCUT2D eigenvalue weighted by Crippen LogP contribution is -2.56. The van der Waals surface area contributed by atoms with Crippen LogP contribution in [0.1, 0.15) is 38.2 Å². The smallest absolute Gasteiger partial charge is 0.331 e. The van der Waals surface area contributed by atoms with Gasteiger partial charge in [0.25, 0.3) is 11.5 Å². The molecule has 0 bridgehead atoms. The largest absolute Gasteiger partial charge is 0.464 e. The summed E-state index contributed by atoms with van der Waals surface area (Å²) in [5.74, 6) is -1.22. The number of nitrogens with one attached hydrogen (secondary N) is 2. The number of carbonyl (C=O) groups is 2. The topological polar surface area (TPSA) is 88.3 Å². The lowest BCUT2D eigenvalue weighted by atomic mass is 9.88. The van der Waals surface area contributed by atoms with E-state index >= 15 is 0 Å². The molecule has 0 saturated heterocycles.